The Kier molecular flexibility index (Phi) is 4.64. The van der Waals surface area contributed by atoms with Crippen LogP contribution in [0.25, 0.3) is 0 Å². The Morgan fingerprint density at radius 2 is 1.90 bits per heavy atom. The van der Waals surface area contributed by atoms with Crippen molar-refractivity contribution in [3.8, 4) is 0 Å². The van der Waals surface area contributed by atoms with E-state index in [2.05, 4.69) is 10.6 Å². The summed E-state index contributed by atoms with van der Waals surface area (Å²) < 4.78 is 0. The van der Waals surface area contributed by atoms with Gasteiger partial charge in [-0.05, 0) is 38.1 Å². The van der Waals surface area contributed by atoms with E-state index in [1.807, 2.05) is 44.2 Å². The molecule has 2 rings (SSSR count). The van der Waals surface area contributed by atoms with E-state index in [1.165, 1.54) is 0 Å². The smallest absolute Gasteiger partial charge is 0.257 e. The quantitative estimate of drug-likeness (QED) is 0.879. The predicted octanol–water partition coefficient (Wildman–Crippen LogP) is 4.33. The summed E-state index contributed by atoms with van der Waals surface area (Å²) in [6.45, 7) is 4.72. The van der Waals surface area contributed by atoms with Gasteiger partial charge >= 0.3 is 0 Å². The molecule has 3 nitrogen and oxygen atoms in total. The van der Waals surface area contributed by atoms with Crippen LogP contribution in [0.3, 0.4) is 0 Å². The fourth-order valence-corrected chi connectivity index (χ4v) is 2.13. The molecular weight excluding hydrogens is 272 g/mol. The van der Waals surface area contributed by atoms with Crippen LogP contribution >= 0.6 is 11.6 Å². The third-order valence-electron chi connectivity index (χ3n) is 2.91. The lowest BCUT2D eigenvalue weighted by molar-refractivity contribution is 0.102. The van der Waals surface area contributed by atoms with E-state index in [0.29, 0.717) is 16.3 Å². The topological polar surface area (TPSA) is 41.1 Å². The first kappa shape index (κ1) is 14.4. The van der Waals surface area contributed by atoms with Gasteiger partial charge < -0.3 is 10.6 Å². The molecule has 0 aliphatic rings. The van der Waals surface area contributed by atoms with Gasteiger partial charge in [0.05, 0.1) is 16.3 Å². The van der Waals surface area contributed by atoms with Crippen molar-refractivity contribution in [2.75, 3.05) is 17.2 Å². The Bertz CT molecular complexity index is 626. The molecule has 0 aromatic heterocycles. The van der Waals surface area contributed by atoms with Crippen LogP contribution in [-0.2, 0) is 0 Å². The van der Waals surface area contributed by atoms with E-state index in [-0.39, 0.29) is 5.91 Å². The molecule has 0 heterocycles. The van der Waals surface area contributed by atoms with Gasteiger partial charge in [0.2, 0.25) is 0 Å². The van der Waals surface area contributed by atoms with Crippen LogP contribution in [0, 0.1) is 6.92 Å². The number of aryl methyl sites for hydroxylation is 1. The van der Waals surface area contributed by atoms with Crippen LogP contribution < -0.4 is 10.6 Å². The molecule has 0 saturated carbocycles. The zero-order valence-corrected chi connectivity index (χ0v) is 12.3. The molecule has 104 valence electrons. The minimum absolute atomic E-state index is 0.169. The number of rotatable bonds is 4. The maximum absolute atomic E-state index is 12.4. The summed E-state index contributed by atoms with van der Waals surface area (Å²) in [6.07, 6.45) is 0. The van der Waals surface area contributed by atoms with Crippen molar-refractivity contribution in [3.05, 3.63) is 58.6 Å². The fraction of sp³-hybridized carbons (Fsp3) is 0.188. The highest BCUT2D eigenvalue weighted by Crippen LogP contribution is 2.23. The number of amides is 1. The highest BCUT2D eigenvalue weighted by atomic mass is 35.5. The summed E-state index contributed by atoms with van der Waals surface area (Å²) in [5.74, 6) is -0.169. The summed E-state index contributed by atoms with van der Waals surface area (Å²) >= 11 is 6.06. The fourth-order valence-electron chi connectivity index (χ4n) is 1.94. The normalized spacial score (nSPS) is 10.2. The highest BCUT2D eigenvalue weighted by molar-refractivity contribution is 6.34. The van der Waals surface area contributed by atoms with Crippen molar-refractivity contribution in [3.63, 3.8) is 0 Å². The summed E-state index contributed by atoms with van der Waals surface area (Å²) in [7, 11) is 0. The summed E-state index contributed by atoms with van der Waals surface area (Å²) in [5.41, 5.74) is 3.09. The largest absolute Gasteiger partial charge is 0.385 e. The van der Waals surface area contributed by atoms with Gasteiger partial charge in [-0.25, -0.2) is 0 Å². The Balaban J connectivity index is 2.29. The Morgan fingerprint density at radius 3 is 2.60 bits per heavy atom. The van der Waals surface area contributed by atoms with Crippen LogP contribution in [0.4, 0.5) is 11.4 Å². The lowest BCUT2D eigenvalue weighted by Gasteiger charge is -2.12. The van der Waals surface area contributed by atoms with Crippen molar-refractivity contribution in [1.82, 2.24) is 0 Å². The molecular formula is C16H17ClN2O. The monoisotopic (exact) mass is 288 g/mol. The second-order valence-corrected chi connectivity index (χ2v) is 4.92. The lowest BCUT2D eigenvalue weighted by atomic mass is 10.1. The molecule has 2 N–H and O–H groups in total. The van der Waals surface area contributed by atoms with E-state index in [9.17, 15) is 4.79 Å². The molecule has 0 atom stereocenters. The third-order valence-corrected chi connectivity index (χ3v) is 3.24. The van der Waals surface area contributed by atoms with Gasteiger partial charge in [-0.2, -0.15) is 0 Å². The number of benzene rings is 2. The molecule has 2 aromatic rings. The van der Waals surface area contributed by atoms with Crippen LogP contribution in [0.2, 0.25) is 5.02 Å². The van der Waals surface area contributed by atoms with E-state index < -0.39 is 0 Å². The van der Waals surface area contributed by atoms with Gasteiger partial charge in [0.1, 0.15) is 0 Å². The molecule has 0 saturated heterocycles. The van der Waals surface area contributed by atoms with Crippen molar-refractivity contribution >= 4 is 28.9 Å². The minimum atomic E-state index is -0.169. The Morgan fingerprint density at radius 1 is 1.15 bits per heavy atom. The molecule has 0 unspecified atom stereocenters. The zero-order valence-electron chi connectivity index (χ0n) is 11.5. The zero-order chi connectivity index (χ0) is 14.5. The maximum Gasteiger partial charge on any atom is 0.257 e. The van der Waals surface area contributed by atoms with E-state index >= 15 is 0 Å². The number of carbonyl (C=O) groups excluding carboxylic acids is 1. The number of halogens is 1. The molecule has 0 aliphatic carbocycles. The van der Waals surface area contributed by atoms with Crippen molar-refractivity contribution < 1.29 is 4.79 Å². The number of para-hydroxylation sites is 1. The van der Waals surface area contributed by atoms with Crippen molar-refractivity contribution in [2.45, 2.75) is 13.8 Å². The third kappa shape index (κ3) is 3.31. The second-order valence-electron chi connectivity index (χ2n) is 4.51. The predicted molar refractivity (Wildman–Crippen MR) is 84.7 cm³/mol. The standard InChI is InChI=1S/C16H17ClN2O/c1-3-18-14-9-8-11(2)10-12(14)16(20)19-15-7-5-4-6-13(15)17/h4-10,18H,3H2,1-2H3,(H,19,20). The highest BCUT2D eigenvalue weighted by Gasteiger charge is 2.12. The number of hydrogen-bond donors (Lipinski definition) is 2. The number of anilines is 2. The molecule has 0 radical (unpaired) electrons. The molecule has 20 heavy (non-hydrogen) atoms. The van der Waals surface area contributed by atoms with Gasteiger partial charge in [0, 0.05) is 12.2 Å². The van der Waals surface area contributed by atoms with Gasteiger partial charge in [0.25, 0.3) is 5.91 Å². The van der Waals surface area contributed by atoms with Gasteiger partial charge in [-0.3, -0.25) is 4.79 Å². The molecule has 0 fully saturated rings. The number of nitrogens with one attached hydrogen (secondary N) is 2. The first-order chi connectivity index (χ1) is 9.61. The SMILES string of the molecule is CCNc1ccc(C)cc1C(=O)Nc1ccccc1Cl. The van der Waals surface area contributed by atoms with Gasteiger partial charge in [-0.1, -0.05) is 35.4 Å². The molecule has 0 aliphatic heterocycles. The first-order valence-corrected chi connectivity index (χ1v) is 6.90. The van der Waals surface area contributed by atoms with Crippen LogP contribution in [0.15, 0.2) is 42.5 Å². The number of hydrogen-bond acceptors (Lipinski definition) is 2. The first-order valence-electron chi connectivity index (χ1n) is 6.52. The molecule has 4 heteroatoms. The molecule has 2 aromatic carbocycles. The van der Waals surface area contributed by atoms with Gasteiger partial charge in [-0.15, -0.1) is 0 Å². The summed E-state index contributed by atoms with van der Waals surface area (Å²) in [4.78, 5) is 12.4. The van der Waals surface area contributed by atoms with E-state index in [0.717, 1.165) is 17.8 Å². The van der Waals surface area contributed by atoms with Crippen molar-refractivity contribution in [1.29, 1.82) is 0 Å². The van der Waals surface area contributed by atoms with E-state index in [4.69, 9.17) is 11.6 Å². The van der Waals surface area contributed by atoms with Gasteiger partial charge in [0.15, 0.2) is 0 Å². The second kappa shape index (κ2) is 6.44. The summed E-state index contributed by atoms with van der Waals surface area (Å²) in [5, 5.41) is 6.56. The summed E-state index contributed by atoms with van der Waals surface area (Å²) in [6, 6.07) is 13.0. The molecule has 0 spiro atoms. The van der Waals surface area contributed by atoms with Crippen molar-refractivity contribution in [2.24, 2.45) is 0 Å². The lowest BCUT2D eigenvalue weighted by Crippen LogP contribution is -2.15. The Labute approximate surface area is 124 Å². The Hall–Kier alpha value is -2.00. The van der Waals surface area contributed by atoms with Crippen LogP contribution in [-0.4, -0.2) is 12.5 Å². The van der Waals surface area contributed by atoms with Crippen LogP contribution in [0.5, 0.6) is 0 Å². The van der Waals surface area contributed by atoms with E-state index in [1.54, 1.807) is 12.1 Å². The van der Waals surface area contributed by atoms with Crippen LogP contribution in [0.1, 0.15) is 22.8 Å². The maximum atomic E-state index is 12.4. The minimum Gasteiger partial charge on any atom is -0.385 e. The number of carbonyl (C=O) groups is 1. The average molecular weight is 289 g/mol. The molecule has 1 amide bonds. The molecule has 0 bridgehead atoms. The average Bonchev–Trinajstić information content (AvgIpc) is 2.43.